The highest BCUT2D eigenvalue weighted by molar-refractivity contribution is 7.99. The van der Waals surface area contributed by atoms with Gasteiger partial charge in [0.1, 0.15) is 34.6 Å². The number of benzene rings is 1. The van der Waals surface area contributed by atoms with Gasteiger partial charge in [-0.3, -0.25) is 9.59 Å². The molecule has 0 bridgehead atoms. The molecule has 264 valence electrons. The first-order valence-corrected chi connectivity index (χ1v) is 18.7. The zero-order valence-corrected chi connectivity index (χ0v) is 29.6. The molecule has 1 aromatic carbocycles. The molecule has 3 N–H and O–H groups in total. The van der Waals surface area contributed by atoms with Crippen molar-refractivity contribution in [2.45, 2.75) is 125 Å². The second-order valence-corrected chi connectivity index (χ2v) is 15.9. The molecule has 49 heavy (non-hydrogen) atoms. The van der Waals surface area contributed by atoms with Gasteiger partial charge in [0.15, 0.2) is 0 Å². The predicted molar refractivity (Wildman–Crippen MR) is 187 cm³/mol. The van der Waals surface area contributed by atoms with Crippen LogP contribution in [0.5, 0.6) is 5.75 Å². The number of thioether (sulfide) groups is 1. The van der Waals surface area contributed by atoms with Crippen LogP contribution < -0.4 is 15.4 Å². The molecule has 2 saturated carbocycles. The van der Waals surface area contributed by atoms with E-state index in [0.29, 0.717) is 34.5 Å². The number of hydrogen-bond donors (Lipinski definition) is 3. The second kappa shape index (κ2) is 15.2. The SMILES string of the molecule is CC(C)Sc1cc(O[C@@H]2C[C@H]3C(=O)N[C@]4(C(=O)O)C[C@H]4/C=C\CCCC[C@H](NC(=O)OC4CCCC4)CC(=O)N3C2)c2cccc(Cl)c2n1. The summed E-state index contributed by atoms with van der Waals surface area (Å²) >= 11 is 8.12. The number of halogens is 1. The number of carbonyl (C=O) groups is 4. The average Bonchev–Trinajstić information content (AvgIpc) is 3.33. The van der Waals surface area contributed by atoms with E-state index in [1.54, 1.807) is 17.8 Å². The van der Waals surface area contributed by atoms with Crippen LogP contribution in [-0.2, 0) is 19.1 Å². The highest BCUT2D eigenvalue weighted by atomic mass is 35.5. The van der Waals surface area contributed by atoms with E-state index in [4.69, 9.17) is 26.1 Å². The number of para-hydroxylation sites is 1. The molecule has 1 aromatic heterocycles. The lowest BCUT2D eigenvalue weighted by Crippen LogP contribution is -2.53. The predicted octanol–water partition coefficient (Wildman–Crippen LogP) is 6.25. The zero-order valence-electron chi connectivity index (χ0n) is 28.0. The third-order valence-electron chi connectivity index (χ3n) is 9.87. The molecule has 13 heteroatoms. The minimum atomic E-state index is -1.41. The molecule has 0 unspecified atom stereocenters. The Bertz CT molecular complexity index is 1620. The van der Waals surface area contributed by atoms with Crippen molar-refractivity contribution >= 4 is 58.1 Å². The van der Waals surface area contributed by atoms with Crippen LogP contribution in [0, 0.1) is 5.92 Å². The summed E-state index contributed by atoms with van der Waals surface area (Å²) in [5.41, 5.74) is -0.808. The van der Waals surface area contributed by atoms with Gasteiger partial charge in [0.05, 0.1) is 17.1 Å². The van der Waals surface area contributed by atoms with Gasteiger partial charge in [-0.1, -0.05) is 50.1 Å². The summed E-state index contributed by atoms with van der Waals surface area (Å²) in [7, 11) is 0. The van der Waals surface area contributed by atoms with Crippen molar-refractivity contribution in [3.63, 3.8) is 0 Å². The number of amides is 3. The van der Waals surface area contributed by atoms with Crippen molar-refractivity contribution in [1.29, 1.82) is 0 Å². The van der Waals surface area contributed by atoms with Crippen LogP contribution in [0.2, 0.25) is 5.02 Å². The molecule has 1 saturated heterocycles. The number of nitrogens with zero attached hydrogens (tertiary/aromatic N) is 2. The van der Waals surface area contributed by atoms with Gasteiger partial charge in [0, 0.05) is 41.5 Å². The van der Waals surface area contributed by atoms with Crippen molar-refractivity contribution < 1.29 is 33.8 Å². The number of alkyl carbamates (subject to hydrolysis) is 1. The number of carboxylic acid groups (broad SMARTS) is 1. The summed E-state index contributed by atoms with van der Waals surface area (Å²) in [6.45, 7) is 4.24. The Kier molecular flexibility index (Phi) is 10.9. The third-order valence-corrected chi connectivity index (χ3v) is 11.1. The standard InChI is InChI=1S/C36H45ClN4O7S/c1-21(2)49-30-18-29(26-14-9-15-27(37)32(26)39-30)47-25-17-28-33(43)40-36(34(44)45)19-22(36)10-5-3-4-6-11-23(16-31(42)41(28)20-25)38-35(46)48-24-12-7-8-13-24/h5,9-10,14-15,18,21-25,28H,3-4,6-8,11-13,16-17,19-20H2,1-2H3,(H,38,46)(H,40,43)(H,44,45)/b10-5-/t22-,23+,25-,28+,36-/m1/s1. The largest absolute Gasteiger partial charge is 0.488 e. The summed E-state index contributed by atoms with van der Waals surface area (Å²) in [5.74, 6) is -1.73. The van der Waals surface area contributed by atoms with Gasteiger partial charge >= 0.3 is 12.1 Å². The van der Waals surface area contributed by atoms with Crippen molar-refractivity contribution in [3.05, 3.63) is 41.4 Å². The Morgan fingerprint density at radius 1 is 1.14 bits per heavy atom. The number of allylic oxidation sites excluding steroid dienone is 1. The van der Waals surface area contributed by atoms with E-state index in [2.05, 4.69) is 24.5 Å². The lowest BCUT2D eigenvalue weighted by molar-refractivity contribution is -0.145. The van der Waals surface area contributed by atoms with Crippen LogP contribution in [-0.4, -0.2) is 80.5 Å². The van der Waals surface area contributed by atoms with E-state index in [9.17, 15) is 24.3 Å². The van der Waals surface area contributed by atoms with Gasteiger partial charge in [0.25, 0.3) is 0 Å². The highest BCUT2D eigenvalue weighted by Gasteiger charge is 2.61. The van der Waals surface area contributed by atoms with Gasteiger partial charge in [-0.05, 0) is 63.5 Å². The molecule has 3 fully saturated rings. The van der Waals surface area contributed by atoms with E-state index in [0.717, 1.165) is 50.0 Å². The maximum absolute atomic E-state index is 14.1. The molecular weight excluding hydrogens is 668 g/mol. The van der Waals surface area contributed by atoms with Crippen LogP contribution in [0.1, 0.15) is 84.5 Å². The minimum absolute atomic E-state index is 0.0260. The van der Waals surface area contributed by atoms with Crippen molar-refractivity contribution in [3.8, 4) is 5.75 Å². The topological polar surface area (TPSA) is 147 Å². The fourth-order valence-corrected chi connectivity index (χ4v) is 8.26. The van der Waals surface area contributed by atoms with E-state index in [-0.39, 0.29) is 42.6 Å². The first-order chi connectivity index (χ1) is 23.5. The average molecular weight is 713 g/mol. The number of ether oxygens (including phenoxy) is 2. The molecule has 6 rings (SSSR count). The highest BCUT2D eigenvalue weighted by Crippen LogP contribution is 2.45. The normalized spacial score (nSPS) is 28.6. The first-order valence-electron chi connectivity index (χ1n) is 17.4. The number of rotatable bonds is 7. The first kappa shape index (κ1) is 35.3. The van der Waals surface area contributed by atoms with Crippen LogP contribution in [0.4, 0.5) is 4.79 Å². The summed E-state index contributed by atoms with van der Waals surface area (Å²) in [4.78, 5) is 59.6. The molecule has 5 atom stereocenters. The van der Waals surface area contributed by atoms with Gasteiger partial charge in [0.2, 0.25) is 11.8 Å². The smallest absolute Gasteiger partial charge is 0.407 e. The number of nitrogens with one attached hydrogen (secondary N) is 2. The molecule has 0 spiro atoms. The fraction of sp³-hybridized carbons (Fsp3) is 0.583. The Morgan fingerprint density at radius 2 is 1.92 bits per heavy atom. The molecule has 0 radical (unpaired) electrons. The van der Waals surface area contributed by atoms with Gasteiger partial charge in [-0.2, -0.15) is 0 Å². The van der Waals surface area contributed by atoms with Crippen LogP contribution in [0.15, 0.2) is 41.4 Å². The molecule has 11 nitrogen and oxygen atoms in total. The van der Waals surface area contributed by atoms with Crippen LogP contribution in [0.25, 0.3) is 10.9 Å². The number of aromatic nitrogens is 1. The summed E-state index contributed by atoms with van der Waals surface area (Å²) in [6.07, 6.45) is 9.63. The summed E-state index contributed by atoms with van der Waals surface area (Å²) in [5, 5.41) is 18.1. The number of pyridine rings is 1. The fourth-order valence-electron chi connectivity index (χ4n) is 7.24. The summed E-state index contributed by atoms with van der Waals surface area (Å²) < 4.78 is 12.2. The number of aliphatic carboxylic acids is 1. The number of fused-ring (bicyclic) bond motifs is 3. The maximum atomic E-state index is 14.1. The molecule has 3 amide bonds. The number of hydrogen-bond acceptors (Lipinski definition) is 8. The Labute approximate surface area is 295 Å². The molecular formula is C36H45ClN4O7S. The Hall–Kier alpha value is -3.51. The van der Waals surface area contributed by atoms with E-state index in [1.165, 1.54) is 4.90 Å². The van der Waals surface area contributed by atoms with Crippen molar-refractivity contribution in [1.82, 2.24) is 20.5 Å². The quantitative estimate of drug-likeness (QED) is 0.224. The van der Waals surface area contributed by atoms with Crippen LogP contribution in [0.3, 0.4) is 0 Å². The summed E-state index contributed by atoms with van der Waals surface area (Å²) in [6, 6.07) is 5.87. The number of carboxylic acids is 1. The van der Waals surface area contributed by atoms with Crippen molar-refractivity contribution in [2.24, 2.45) is 5.92 Å². The third kappa shape index (κ3) is 8.28. The zero-order chi connectivity index (χ0) is 34.7. The number of carbonyl (C=O) groups excluding carboxylic acids is 3. The Morgan fingerprint density at radius 3 is 2.67 bits per heavy atom. The second-order valence-electron chi connectivity index (χ2n) is 13.9. The monoisotopic (exact) mass is 712 g/mol. The molecule has 4 aliphatic rings. The molecule has 2 aliphatic heterocycles. The van der Waals surface area contributed by atoms with Crippen LogP contribution >= 0.6 is 23.4 Å². The minimum Gasteiger partial charge on any atom is -0.488 e. The molecule has 2 aliphatic carbocycles. The molecule has 3 heterocycles. The van der Waals surface area contributed by atoms with Crippen molar-refractivity contribution in [2.75, 3.05) is 6.54 Å². The van der Waals surface area contributed by atoms with Gasteiger partial charge in [-0.25, -0.2) is 14.6 Å². The lowest BCUT2D eigenvalue weighted by atomic mass is 10.0. The van der Waals surface area contributed by atoms with E-state index in [1.807, 2.05) is 30.4 Å². The van der Waals surface area contributed by atoms with E-state index < -0.39 is 41.7 Å². The maximum Gasteiger partial charge on any atom is 0.407 e. The Balaban J connectivity index is 1.27. The lowest BCUT2D eigenvalue weighted by Gasteiger charge is -2.27. The van der Waals surface area contributed by atoms with Gasteiger partial charge in [-0.15, -0.1) is 11.8 Å². The molecule has 2 aromatic rings. The van der Waals surface area contributed by atoms with E-state index >= 15 is 0 Å². The van der Waals surface area contributed by atoms with Gasteiger partial charge < -0.3 is 30.1 Å².